The predicted octanol–water partition coefficient (Wildman–Crippen LogP) is 2.10. The SMILES string of the molecule is CC1(C)OPOC1(C)C. The van der Waals surface area contributed by atoms with Crippen molar-refractivity contribution in [3.8, 4) is 0 Å². The fourth-order valence-electron chi connectivity index (χ4n) is 0.475. The van der Waals surface area contributed by atoms with Gasteiger partial charge in [0.1, 0.15) is 0 Å². The average Bonchev–Trinajstić information content (AvgIpc) is 1.81. The molecule has 0 N–H and O–H groups in total. The van der Waals surface area contributed by atoms with E-state index in [4.69, 9.17) is 9.05 Å². The molecule has 54 valence electrons. The van der Waals surface area contributed by atoms with E-state index in [9.17, 15) is 0 Å². The van der Waals surface area contributed by atoms with Crippen LogP contribution < -0.4 is 0 Å². The van der Waals surface area contributed by atoms with Crippen LogP contribution in [0.4, 0.5) is 0 Å². The van der Waals surface area contributed by atoms with Crippen molar-refractivity contribution in [3.05, 3.63) is 0 Å². The maximum Gasteiger partial charge on any atom is 0.156 e. The molecule has 0 aromatic rings. The quantitative estimate of drug-likeness (QED) is 0.490. The van der Waals surface area contributed by atoms with Gasteiger partial charge in [-0.1, -0.05) is 0 Å². The first kappa shape index (κ1) is 7.46. The summed E-state index contributed by atoms with van der Waals surface area (Å²) in [5.41, 5.74) is -0.239. The molecule has 3 heteroatoms. The Morgan fingerprint density at radius 3 is 1.33 bits per heavy atom. The summed E-state index contributed by atoms with van der Waals surface area (Å²) in [7, 11) is 0.211. The molecule has 1 saturated heterocycles. The minimum Gasteiger partial charge on any atom is -0.327 e. The van der Waals surface area contributed by atoms with E-state index < -0.39 is 0 Å². The molecule has 0 saturated carbocycles. The summed E-state index contributed by atoms with van der Waals surface area (Å²) in [6.07, 6.45) is 0. The van der Waals surface area contributed by atoms with Crippen LogP contribution in [0.3, 0.4) is 0 Å². The fourth-order valence-corrected chi connectivity index (χ4v) is 1.42. The summed E-state index contributed by atoms with van der Waals surface area (Å²) >= 11 is 0. The highest BCUT2D eigenvalue weighted by atomic mass is 31.1. The van der Waals surface area contributed by atoms with E-state index >= 15 is 0 Å². The Labute approximate surface area is 57.9 Å². The van der Waals surface area contributed by atoms with Crippen LogP contribution in [0.5, 0.6) is 0 Å². The van der Waals surface area contributed by atoms with Gasteiger partial charge in [0.2, 0.25) is 0 Å². The number of hydrogen-bond donors (Lipinski definition) is 0. The lowest BCUT2D eigenvalue weighted by Crippen LogP contribution is -2.41. The molecule has 0 unspecified atom stereocenters. The predicted molar refractivity (Wildman–Crippen MR) is 38.6 cm³/mol. The van der Waals surface area contributed by atoms with Gasteiger partial charge in [0.25, 0.3) is 0 Å². The molecule has 0 spiro atoms. The van der Waals surface area contributed by atoms with E-state index in [1.54, 1.807) is 0 Å². The third kappa shape index (κ3) is 1.12. The van der Waals surface area contributed by atoms with Crippen LogP contribution >= 0.6 is 9.03 Å². The van der Waals surface area contributed by atoms with Crippen molar-refractivity contribution >= 4 is 9.03 Å². The molecule has 0 amide bonds. The largest absolute Gasteiger partial charge is 0.327 e. The van der Waals surface area contributed by atoms with E-state index in [0.717, 1.165) is 0 Å². The third-order valence-corrected chi connectivity index (χ3v) is 3.23. The Morgan fingerprint density at radius 1 is 0.889 bits per heavy atom. The monoisotopic (exact) mass is 148 g/mol. The summed E-state index contributed by atoms with van der Waals surface area (Å²) < 4.78 is 10.7. The van der Waals surface area contributed by atoms with Gasteiger partial charge in [0.05, 0.1) is 11.2 Å². The van der Waals surface area contributed by atoms with Gasteiger partial charge in [-0.3, -0.25) is 0 Å². The fraction of sp³-hybridized carbons (Fsp3) is 1.00. The zero-order valence-electron chi connectivity index (χ0n) is 6.32. The smallest absolute Gasteiger partial charge is 0.156 e. The molecule has 1 aliphatic heterocycles. The van der Waals surface area contributed by atoms with Crippen molar-refractivity contribution in [1.82, 2.24) is 0 Å². The number of hydrogen-bond acceptors (Lipinski definition) is 2. The third-order valence-electron chi connectivity index (χ3n) is 2.04. The summed E-state index contributed by atoms with van der Waals surface area (Å²) in [4.78, 5) is 0. The van der Waals surface area contributed by atoms with E-state index in [1.165, 1.54) is 0 Å². The lowest BCUT2D eigenvalue weighted by molar-refractivity contribution is 0.00578. The summed E-state index contributed by atoms with van der Waals surface area (Å²) in [5.74, 6) is 0. The first-order chi connectivity index (χ1) is 3.96. The van der Waals surface area contributed by atoms with Crippen molar-refractivity contribution in [2.45, 2.75) is 38.9 Å². The van der Waals surface area contributed by atoms with E-state index in [0.29, 0.717) is 0 Å². The highest BCUT2D eigenvalue weighted by Gasteiger charge is 2.44. The maximum absolute atomic E-state index is 5.36. The summed E-state index contributed by atoms with van der Waals surface area (Å²) in [5, 5.41) is 0. The average molecular weight is 148 g/mol. The molecule has 0 bridgehead atoms. The van der Waals surface area contributed by atoms with Crippen molar-refractivity contribution in [3.63, 3.8) is 0 Å². The first-order valence-electron chi connectivity index (χ1n) is 3.07. The Kier molecular flexibility index (Phi) is 1.59. The summed E-state index contributed by atoms with van der Waals surface area (Å²) in [6.45, 7) is 8.19. The Hall–Kier alpha value is 0.350. The van der Waals surface area contributed by atoms with E-state index in [-0.39, 0.29) is 20.2 Å². The van der Waals surface area contributed by atoms with Crippen LogP contribution in [0, 0.1) is 0 Å². The van der Waals surface area contributed by atoms with Crippen molar-refractivity contribution in [2.24, 2.45) is 0 Å². The van der Waals surface area contributed by atoms with Gasteiger partial charge < -0.3 is 9.05 Å². The molecular weight excluding hydrogens is 135 g/mol. The van der Waals surface area contributed by atoms with Crippen molar-refractivity contribution in [1.29, 1.82) is 0 Å². The molecule has 9 heavy (non-hydrogen) atoms. The maximum atomic E-state index is 5.36. The van der Waals surface area contributed by atoms with Gasteiger partial charge in [-0.05, 0) is 27.7 Å². The van der Waals surface area contributed by atoms with Gasteiger partial charge in [-0.15, -0.1) is 0 Å². The molecule has 0 aromatic heterocycles. The molecule has 0 radical (unpaired) electrons. The highest BCUT2D eigenvalue weighted by molar-refractivity contribution is 7.26. The number of rotatable bonds is 0. The van der Waals surface area contributed by atoms with Crippen LogP contribution in [-0.4, -0.2) is 11.2 Å². The van der Waals surface area contributed by atoms with Crippen LogP contribution in [0.15, 0.2) is 0 Å². The molecule has 1 rings (SSSR count). The van der Waals surface area contributed by atoms with Gasteiger partial charge in [0, 0.05) is 0 Å². The molecule has 0 aliphatic carbocycles. The molecule has 1 aliphatic rings. The molecule has 2 nitrogen and oxygen atoms in total. The van der Waals surface area contributed by atoms with Crippen LogP contribution in [0.2, 0.25) is 0 Å². The molecule has 0 atom stereocenters. The van der Waals surface area contributed by atoms with E-state index in [2.05, 4.69) is 0 Å². The first-order valence-corrected chi connectivity index (χ1v) is 3.88. The minimum atomic E-state index is -0.120. The van der Waals surface area contributed by atoms with Crippen molar-refractivity contribution < 1.29 is 9.05 Å². The van der Waals surface area contributed by atoms with Gasteiger partial charge in [-0.25, -0.2) is 0 Å². The second kappa shape index (κ2) is 1.91. The molecule has 1 heterocycles. The molecular formula is C6H13O2P. The summed E-state index contributed by atoms with van der Waals surface area (Å²) in [6, 6.07) is 0. The van der Waals surface area contributed by atoms with Crippen LogP contribution in [-0.2, 0) is 9.05 Å². The van der Waals surface area contributed by atoms with Gasteiger partial charge in [-0.2, -0.15) is 0 Å². The van der Waals surface area contributed by atoms with Gasteiger partial charge in [0.15, 0.2) is 9.03 Å². The zero-order valence-corrected chi connectivity index (χ0v) is 7.32. The lowest BCUT2D eigenvalue weighted by Gasteiger charge is -2.29. The Bertz CT molecular complexity index is 106. The Balaban J connectivity index is 2.75. The van der Waals surface area contributed by atoms with Crippen molar-refractivity contribution in [2.75, 3.05) is 0 Å². The van der Waals surface area contributed by atoms with Crippen LogP contribution in [0.25, 0.3) is 0 Å². The standard InChI is InChI=1S/C6H13O2P/c1-5(2)6(3,4)8-9-7-5/h9H,1-4H3. The van der Waals surface area contributed by atoms with E-state index in [1.807, 2.05) is 27.7 Å². The lowest BCUT2D eigenvalue weighted by atomic mass is 9.90. The molecule has 1 fully saturated rings. The normalized spacial score (nSPS) is 30.7. The second-order valence-corrected chi connectivity index (χ2v) is 3.88. The topological polar surface area (TPSA) is 18.5 Å². The molecule has 0 aromatic carbocycles. The highest BCUT2D eigenvalue weighted by Crippen LogP contribution is 2.46. The van der Waals surface area contributed by atoms with Gasteiger partial charge >= 0.3 is 0 Å². The Morgan fingerprint density at radius 2 is 1.22 bits per heavy atom. The minimum absolute atomic E-state index is 0.120. The second-order valence-electron chi connectivity index (χ2n) is 3.31. The zero-order chi connectivity index (χ0) is 7.12. The van der Waals surface area contributed by atoms with Crippen LogP contribution in [0.1, 0.15) is 27.7 Å².